The molecule has 0 aliphatic heterocycles. The summed E-state index contributed by atoms with van der Waals surface area (Å²) in [6, 6.07) is 7.06. The molecule has 1 aliphatic carbocycles. The lowest BCUT2D eigenvalue weighted by atomic mass is 9.76. The highest BCUT2D eigenvalue weighted by atomic mass is 35.5. The van der Waals surface area contributed by atoms with Crippen molar-refractivity contribution in [3.05, 3.63) is 52.3 Å². The lowest BCUT2D eigenvalue weighted by Gasteiger charge is -2.29. The van der Waals surface area contributed by atoms with Gasteiger partial charge in [0, 0.05) is 23.2 Å². The maximum atomic E-state index is 12.2. The summed E-state index contributed by atoms with van der Waals surface area (Å²) in [5.41, 5.74) is 2.03. The van der Waals surface area contributed by atoms with Crippen LogP contribution in [0.1, 0.15) is 41.9 Å². The minimum Gasteiger partial charge on any atom is -0.294 e. The number of fused-ring (bicyclic) bond motifs is 1. The molecule has 0 saturated carbocycles. The molecule has 0 radical (unpaired) electrons. The van der Waals surface area contributed by atoms with Crippen LogP contribution < -0.4 is 5.32 Å². The Morgan fingerprint density at radius 1 is 1.25 bits per heavy atom. The highest BCUT2D eigenvalue weighted by Gasteiger charge is 2.32. The molecule has 1 aromatic heterocycles. The molecule has 5 nitrogen and oxygen atoms in total. The van der Waals surface area contributed by atoms with E-state index in [0.29, 0.717) is 17.1 Å². The van der Waals surface area contributed by atoms with Crippen LogP contribution >= 0.6 is 11.6 Å². The summed E-state index contributed by atoms with van der Waals surface area (Å²) in [6.07, 6.45) is 3.04. The van der Waals surface area contributed by atoms with Crippen molar-refractivity contribution in [1.29, 1.82) is 0 Å². The number of nitrogens with one attached hydrogen (secondary N) is 1. The van der Waals surface area contributed by atoms with Gasteiger partial charge in [-0.25, -0.2) is 9.97 Å². The van der Waals surface area contributed by atoms with Crippen LogP contribution in [0.3, 0.4) is 0 Å². The number of carbonyl (C=O) groups is 2. The van der Waals surface area contributed by atoms with Crippen molar-refractivity contribution < 1.29 is 9.59 Å². The minimum atomic E-state index is -0.235. The van der Waals surface area contributed by atoms with Gasteiger partial charge in [-0.05, 0) is 29.5 Å². The van der Waals surface area contributed by atoms with E-state index in [2.05, 4.69) is 29.1 Å². The maximum Gasteiger partial charge on any atom is 0.231 e. The number of Topliss-reactive ketones (excluding diaryl/α,β-unsaturated/α-hetero) is 1. The van der Waals surface area contributed by atoms with Gasteiger partial charge < -0.3 is 0 Å². The molecule has 24 heavy (non-hydrogen) atoms. The van der Waals surface area contributed by atoms with Gasteiger partial charge in [-0.15, -0.1) is 0 Å². The number of hydrogen-bond donors (Lipinski definition) is 1. The van der Waals surface area contributed by atoms with Gasteiger partial charge in [0.25, 0.3) is 0 Å². The number of amides is 1. The van der Waals surface area contributed by atoms with Crippen LogP contribution in [0.5, 0.6) is 0 Å². The molecule has 0 atom stereocenters. The van der Waals surface area contributed by atoms with E-state index in [0.717, 1.165) is 17.5 Å². The molecule has 0 spiro atoms. The zero-order valence-corrected chi connectivity index (χ0v) is 14.4. The topological polar surface area (TPSA) is 72.0 Å². The first-order valence-corrected chi connectivity index (χ1v) is 8.14. The zero-order valence-electron chi connectivity index (χ0n) is 13.6. The van der Waals surface area contributed by atoms with Gasteiger partial charge >= 0.3 is 0 Å². The highest BCUT2D eigenvalue weighted by molar-refractivity contribution is 6.30. The van der Waals surface area contributed by atoms with E-state index >= 15 is 0 Å². The van der Waals surface area contributed by atoms with E-state index in [1.807, 2.05) is 0 Å². The highest BCUT2D eigenvalue weighted by Crippen LogP contribution is 2.33. The molecule has 2 aromatic rings. The maximum absolute atomic E-state index is 12.2. The summed E-state index contributed by atoms with van der Waals surface area (Å²) in [6.45, 7) is 4.10. The molecular weight excluding hydrogens is 326 g/mol. The minimum absolute atomic E-state index is 0.00292. The molecule has 1 heterocycles. The molecule has 0 unspecified atom stereocenters. The van der Waals surface area contributed by atoms with Crippen LogP contribution in [0.4, 0.5) is 5.95 Å². The molecule has 124 valence electrons. The van der Waals surface area contributed by atoms with Gasteiger partial charge in [0.15, 0.2) is 5.78 Å². The monoisotopic (exact) mass is 343 g/mol. The Morgan fingerprint density at radius 3 is 2.67 bits per heavy atom. The molecule has 1 amide bonds. The number of carbonyl (C=O) groups excluding carboxylic acids is 2. The molecule has 1 aliphatic rings. The van der Waals surface area contributed by atoms with Crippen LogP contribution in [0.15, 0.2) is 30.5 Å². The summed E-state index contributed by atoms with van der Waals surface area (Å²) < 4.78 is 0. The van der Waals surface area contributed by atoms with Gasteiger partial charge in [0.1, 0.15) is 5.69 Å². The smallest absolute Gasteiger partial charge is 0.231 e. The first kappa shape index (κ1) is 16.6. The van der Waals surface area contributed by atoms with Crippen molar-refractivity contribution in [2.45, 2.75) is 33.1 Å². The standard InChI is InChI=1S/C18H18ClN3O2/c1-18(2)8-12-10-20-17(22-16(12)14(23)9-18)21-15(24)7-11-3-5-13(19)6-4-11/h3-6,10H,7-9H2,1-2H3,(H,20,21,22,24). The second-order valence-electron chi connectivity index (χ2n) is 6.86. The molecule has 0 bridgehead atoms. The number of nitrogens with zero attached hydrogens (tertiary/aromatic N) is 2. The summed E-state index contributed by atoms with van der Waals surface area (Å²) in [4.78, 5) is 32.8. The number of aromatic nitrogens is 2. The molecule has 0 saturated heterocycles. The van der Waals surface area contributed by atoms with Crippen molar-refractivity contribution in [2.75, 3.05) is 5.32 Å². The summed E-state index contributed by atoms with van der Waals surface area (Å²) in [5, 5.41) is 3.27. The van der Waals surface area contributed by atoms with Crippen molar-refractivity contribution in [3.8, 4) is 0 Å². The van der Waals surface area contributed by atoms with Gasteiger partial charge in [0.05, 0.1) is 6.42 Å². The predicted molar refractivity (Wildman–Crippen MR) is 92.3 cm³/mol. The van der Waals surface area contributed by atoms with Crippen molar-refractivity contribution in [2.24, 2.45) is 5.41 Å². The van der Waals surface area contributed by atoms with Crippen LogP contribution in [0.25, 0.3) is 0 Å². The van der Waals surface area contributed by atoms with Crippen molar-refractivity contribution in [1.82, 2.24) is 9.97 Å². The average molecular weight is 344 g/mol. The van der Waals surface area contributed by atoms with E-state index in [-0.39, 0.29) is 29.5 Å². The van der Waals surface area contributed by atoms with Gasteiger partial charge in [-0.3, -0.25) is 14.9 Å². The summed E-state index contributed by atoms with van der Waals surface area (Å²) in [5.74, 6) is -0.0709. The summed E-state index contributed by atoms with van der Waals surface area (Å²) >= 11 is 5.83. The van der Waals surface area contributed by atoms with Crippen LogP contribution in [0.2, 0.25) is 5.02 Å². The van der Waals surface area contributed by atoms with E-state index in [9.17, 15) is 9.59 Å². The molecular formula is C18H18ClN3O2. The number of hydrogen-bond acceptors (Lipinski definition) is 4. The quantitative estimate of drug-likeness (QED) is 0.926. The van der Waals surface area contributed by atoms with E-state index in [1.54, 1.807) is 30.5 Å². The third-order valence-electron chi connectivity index (χ3n) is 3.97. The van der Waals surface area contributed by atoms with Crippen LogP contribution in [-0.4, -0.2) is 21.7 Å². The summed E-state index contributed by atoms with van der Waals surface area (Å²) in [7, 11) is 0. The number of halogens is 1. The lowest BCUT2D eigenvalue weighted by molar-refractivity contribution is -0.115. The second kappa shape index (κ2) is 6.32. The Hall–Kier alpha value is -2.27. The van der Waals surface area contributed by atoms with Crippen LogP contribution in [0, 0.1) is 5.41 Å². The fourth-order valence-corrected chi connectivity index (χ4v) is 3.02. The number of anilines is 1. The first-order chi connectivity index (χ1) is 11.3. The zero-order chi connectivity index (χ0) is 17.3. The number of ketones is 1. The Morgan fingerprint density at radius 2 is 1.96 bits per heavy atom. The van der Waals surface area contributed by atoms with Crippen molar-refractivity contribution in [3.63, 3.8) is 0 Å². The van der Waals surface area contributed by atoms with Gasteiger partial charge in [-0.2, -0.15) is 0 Å². The number of benzene rings is 1. The van der Waals surface area contributed by atoms with Gasteiger partial charge in [-0.1, -0.05) is 37.6 Å². The second-order valence-corrected chi connectivity index (χ2v) is 7.30. The third kappa shape index (κ3) is 3.79. The lowest BCUT2D eigenvalue weighted by Crippen LogP contribution is -2.29. The normalized spacial score (nSPS) is 15.7. The molecule has 1 aromatic carbocycles. The fraction of sp³-hybridized carbons (Fsp3) is 0.333. The SMILES string of the molecule is CC1(C)CC(=O)c2nc(NC(=O)Cc3ccc(Cl)cc3)ncc2C1. The Balaban J connectivity index is 1.72. The molecule has 1 N–H and O–H groups in total. The van der Waals surface area contributed by atoms with E-state index in [1.165, 1.54) is 0 Å². The largest absolute Gasteiger partial charge is 0.294 e. The van der Waals surface area contributed by atoms with Crippen LogP contribution in [-0.2, 0) is 17.6 Å². The van der Waals surface area contributed by atoms with Gasteiger partial charge in [0.2, 0.25) is 11.9 Å². The van der Waals surface area contributed by atoms with Crippen molar-refractivity contribution >= 4 is 29.2 Å². The molecule has 0 fully saturated rings. The molecule has 6 heteroatoms. The molecule has 3 rings (SSSR count). The van der Waals surface area contributed by atoms with E-state index < -0.39 is 0 Å². The Kier molecular flexibility index (Phi) is 4.37. The predicted octanol–water partition coefficient (Wildman–Crippen LogP) is 3.47. The Bertz CT molecular complexity index is 800. The van der Waals surface area contributed by atoms with E-state index in [4.69, 9.17) is 11.6 Å². The number of rotatable bonds is 3. The fourth-order valence-electron chi connectivity index (χ4n) is 2.89. The average Bonchev–Trinajstić information content (AvgIpc) is 2.49. The third-order valence-corrected chi connectivity index (χ3v) is 4.22. The Labute approximate surface area is 145 Å². The first-order valence-electron chi connectivity index (χ1n) is 7.76.